The van der Waals surface area contributed by atoms with Gasteiger partial charge in [0.05, 0.1) is 12.2 Å². The number of rotatable bonds is 8. The number of fused-ring (bicyclic) bond motifs is 1. The second-order valence-electron chi connectivity index (χ2n) is 7.14. The maximum atomic E-state index is 12.8. The van der Waals surface area contributed by atoms with Crippen molar-refractivity contribution in [1.82, 2.24) is 14.8 Å². The number of hydrogen-bond acceptors (Lipinski definition) is 7. The van der Waals surface area contributed by atoms with Gasteiger partial charge in [-0.1, -0.05) is 37.2 Å². The van der Waals surface area contributed by atoms with Crippen LogP contribution in [0.1, 0.15) is 45.2 Å². The van der Waals surface area contributed by atoms with Crippen molar-refractivity contribution in [3.8, 4) is 0 Å². The molecule has 3 rings (SSSR count). The summed E-state index contributed by atoms with van der Waals surface area (Å²) in [5, 5.41) is 8.67. The van der Waals surface area contributed by atoms with Crippen molar-refractivity contribution in [1.29, 1.82) is 0 Å². The van der Waals surface area contributed by atoms with Gasteiger partial charge in [-0.2, -0.15) is 4.98 Å². The van der Waals surface area contributed by atoms with Crippen LogP contribution < -0.4 is 10.2 Å². The zero-order chi connectivity index (χ0) is 21.0. The van der Waals surface area contributed by atoms with Crippen LogP contribution >= 0.6 is 11.8 Å². The molecule has 0 aliphatic carbocycles. The molecule has 2 aromatic rings. The van der Waals surface area contributed by atoms with Crippen LogP contribution in [0.15, 0.2) is 40.7 Å². The van der Waals surface area contributed by atoms with Crippen molar-refractivity contribution in [2.24, 2.45) is 0 Å². The van der Waals surface area contributed by atoms with Gasteiger partial charge in [0.25, 0.3) is 0 Å². The molecule has 1 atom stereocenters. The van der Waals surface area contributed by atoms with Crippen LogP contribution in [0.25, 0.3) is 0 Å². The Morgan fingerprint density at radius 3 is 2.62 bits per heavy atom. The van der Waals surface area contributed by atoms with Crippen molar-refractivity contribution < 1.29 is 9.53 Å². The van der Waals surface area contributed by atoms with Crippen LogP contribution in [0.3, 0.4) is 0 Å². The molecule has 0 saturated heterocycles. The second kappa shape index (κ2) is 9.35. The number of hydrogen-bond donors (Lipinski definition) is 1. The van der Waals surface area contributed by atoms with Crippen molar-refractivity contribution in [2.45, 2.75) is 44.8 Å². The lowest BCUT2D eigenvalue weighted by Crippen LogP contribution is -2.29. The highest BCUT2D eigenvalue weighted by atomic mass is 32.2. The molecule has 1 unspecified atom stereocenters. The molecule has 0 spiro atoms. The van der Waals surface area contributed by atoms with Gasteiger partial charge in [0, 0.05) is 31.2 Å². The van der Waals surface area contributed by atoms with Crippen LogP contribution in [0, 0.1) is 0 Å². The summed E-state index contributed by atoms with van der Waals surface area (Å²) in [6.45, 7) is 6.19. The van der Waals surface area contributed by atoms with Crippen LogP contribution in [0.4, 0.5) is 11.6 Å². The van der Waals surface area contributed by atoms with E-state index in [4.69, 9.17) is 9.84 Å². The highest BCUT2D eigenvalue weighted by molar-refractivity contribution is 7.99. The number of anilines is 2. The van der Waals surface area contributed by atoms with Gasteiger partial charge in [-0.25, -0.2) is 9.48 Å². The number of carbonyl (C=O) groups excluding carboxylic acids is 1. The first-order chi connectivity index (χ1) is 14.0. The second-order valence-corrected chi connectivity index (χ2v) is 8.20. The van der Waals surface area contributed by atoms with E-state index in [-0.39, 0.29) is 12.0 Å². The fraction of sp³-hybridized carbons (Fsp3) is 0.476. The predicted octanol–water partition coefficient (Wildman–Crippen LogP) is 4.09. The van der Waals surface area contributed by atoms with Crippen LogP contribution in [0.2, 0.25) is 0 Å². The summed E-state index contributed by atoms with van der Waals surface area (Å²) in [4.78, 5) is 19.5. The zero-order valence-electron chi connectivity index (χ0n) is 17.7. The normalized spacial score (nSPS) is 15.7. The lowest BCUT2D eigenvalue weighted by molar-refractivity contribution is -0.139. The first-order valence-electron chi connectivity index (χ1n) is 9.97. The largest absolute Gasteiger partial charge is 0.463 e. The Hall–Kier alpha value is -2.48. The van der Waals surface area contributed by atoms with E-state index in [1.54, 1.807) is 16.4 Å². The highest BCUT2D eigenvalue weighted by Gasteiger charge is 2.35. The van der Waals surface area contributed by atoms with Gasteiger partial charge in [0.15, 0.2) is 0 Å². The number of benzene rings is 1. The van der Waals surface area contributed by atoms with Gasteiger partial charge in [0.1, 0.15) is 6.04 Å². The first-order valence-corrected chi connectivity index (χ1v) is 11.0. The Labute approximate surface area is 176 Å². The molecule has 7 nitrogen and oxygen atoms in total. The molecule has 0 saturated carbocycles. The molecule has 1 aromatic carbocycles. The minimum absolute atomic E-state index is 0.324. The average molecular weight is 416 g/mol. The van der Waals surface area contributed by atoms with Crippen LogP contribution in [-0.2, 0) is 9.53 Å². The summed E-state index contributed by atoms with van der Waals surface area (Å²) >= 11 is 1.64. The van der Waals surface area contributed by atoms with Crippen molar-refractivity contribution in [3.63, 3.8) is 0 Å². The first kappa shape index (κ1) is 21.2. The predicted molar refractivity (Wildman–Crippen MR) is 118 cm³/mol. The van der Waals surface area contributed by atoms with E-state index >= 15 is 0 Å². The Balaban J connectivity index is 2.03. The highest BCUT2D eigenvalue weighted by Crippen LogP contribution is 2.37. The van der Waals surface area contributed by atoms with Crippen LogP contribution in [-0.4, -0.2) is 47.2 Å². The Kier molecular flexibility index (Phi) is 6.84. The quantitative estimate of drug-likeness (QED) is 0.395. The van der Waals surface area contributed by atoms with Gasteiger partial charge in [-0.3, -0.25) is 0 Å². The molecule has 156 valence electrons. The number of unbranched alkanes of at least 4 members (excludes halogenated alkanes) is 1. The standard InChI is InChI=1S/C21H29N5O2S/c1-6-8-13-29-21-23-20-22-14(3)17(19(27)28-7-2)18(26(20)24-21)15-9-11-16(12-10-15)25(4)5/h9-12,18H,6-8,13H2,1-5H3,(H,22,23,24). The maximum absolute atomic E-state index is 12.8. The van der Waals surface area contributed by atoms with Gasteiger partial charge in [-0.05, 0) is 38.0 Å². The minimum Gasteiger partial charge on any atom is -0.463 e. The number of thioether (sulfide) groups is 1. The molecule has 8 heteroatoms. The number of nitrogens with zero attached hydrogens (tertiary/aromatic N) is 4. The zero-order valence-corrected chi connectivity index (χ0v) is 18.5. The number of nitrogens with one attached hydrogen (secondary N) is 1. The van der Waals surface area contributed by atoms with Crippen molar-refractivity contribution in [2.75, 3.05) is 36.7 Å². The van der Waals surface area contributed by atoms with E-state index in [2.05, 4.69) is 17.2 Å². The Bertz CT molecular complexity index is 889. The number of ether oxygens (including phenoxy) is 1. The minimum atomic E-state index is -0.380. The number of carbonyl (C=O) groups is 1. The smallest absolute Gasteiger partial charge is 0.338 e. The van der Waals surface area contributed by atoms with Gasteiger partial charge in [-0.15, -0.1) is 5.10 Å². The van der Waals surface area contributed by atoms with E-state index in [9.17, 15) is 4.79 Å². The lowest BCUT2D eigenvalue weighted by atomic mass is 9.95. The summed E-state index contributed by atoms with van der Waals surface area (Å²) in [6, 6.07) is 7.78. The third-order valence-corrected chi connectivity index (χ3v) is 5.71. The summed E-state index contributed by atoms with van der Waals surface area (Å²) in [5.41, 5.74) is 3.37. The van der Waals surface area contributed by atoms with E-state index in [0.29, 0.717) is 23.3 Å². The molecule has 2 heterocycles. The molecule has 1 aromatic heterocycles. The molecule has 0 amide bonds. The summed E-state index contributed by atoms with van der Waals surface area (Å²) in [6.07, 6.45) is 2.25. The number of esters is 1. The molecule has 1 aliphatic rings. The molecular weight excluding hydrogens is 386 g/mol. The lowest BCUT2D eigenvalue weighted by Gasteiger charge is -2.28. The SMILES string of the molecule is CCCCSc1nc2n(n1)C(c1ccc(N(C)C)cc1)C(C(=O)OCC)=C(C)N2. The van der Waals surface area contributed by atoms with Crippen molar-refractivity contribution >= 4 is 29.4 Å². The number of aromatic nitrogens is 3. The molecular formula is C21H29N5O2S. The Morgan fingerprint density at radius 1 is 1.28 bits per heavy atom. The topological polar surface area (TPSA) is 72.3 Å². The van der Waals surface area contributed by atoms with Crippen LogP contribution in [0.5, 0.6) is 0 Å². The summed E-state index contributed by atoms with van der Waals surface area (Å²) < 4.78 is 7.16. The monoisotopic (exact) mass is 415 g/mol. The maximum Gasteiger partial charge on any atom is 0.338 e. The number of allylic oxidation sites excluding steroid dienone is 1. The summed E-state index contributed by atoms with van der Waals surface area (Å²) in [7, 11) is 4.01. The fourth-order valence-corrected chi connectivity index (χ4v) is 4.15. The third-order valence-electron chi connectivity index (χ3n) is 4.78. The van der Waals surface area contributed by atoms with E-state index in [1.165, 1.54) is 0 Å². The Morgan fingerprint density at radius 2 is 2.00 bits per heavy atom. The van der Waals surface area contributed by atoms with Gasteiger partial charge >= 0.3 is 5.97 Å². The fourth-order valence-electron chi connectivity index (χ4n) is 3.24. The van der Waals surface area contributed by atoms with E-state index < -0.39 is 0 Å². The molecule has 1 N–H and O–H groups in total. The molecule has 29 heavy (non-hydrogen) atoms. The average Bonchev–Trinajstić information content (AvgIpc) is 3.09. The summed E-state index contributed by atoms with van der Waals surface area (Å²) in [5.74, 6) is 1.29. The van der Waals surface area contributed by atoms with Crippen molar-refractivity contribution in [3.05, 3.63) is 41.1 Å². The molecule has 1 aliphatic heterocycles. The third kappa shape index (κ3) is 4.58. The van der Waals surface area contributed by atoms with E-state index in [1.807, 2.05) is 57.1 Å². The molecule has 0 fully saturated rings. The molecule has 0 bridgehead atoms. The van der Waals surface area contributed by atoms with Gasteiger partial charge < -0.3 is 15.0 Å². The van der Waals surface area contributed by atoms with Gasteiger partial charge in [0.2, 0.25) is 11.1 Å². The van der Waals surface area contributed by atoms with E-state index in [0.717, 1.165) is 35.5 Å². The molecule has 0 radical (unpaired) electrons.